The molecule has 2 heteroatoms. The van der Waals surface area contributed by atoms with Gasteiger partial charge in [0.15, 0.2) is 5.78 Å². The molecule has 2 aromatic carbocycles. The van der Waals surface area contributed by atoms with Crippen LogP contribution in [0.5, 0.6) is 0 Å². The van der Waals surface area contributed by atoms with Gasteiger partial charge in [0.05, 0.1) is 0 Å². The molecular formula is C22H29NO. The van der Waals surface area contributed by atoms with E-state index in [1.165, 1.54) is 29.5 Å². The second kappa shape index (κ2) is 9.39. The van der Waals surface area contributed by atoms with Crippen LogP contribution in [-0.2, 0) is 13.0 Å². The third kappa shape index (κ3) is 6.29. The van der Waals surface area contributed by atoms with E-state index in [2.05, 4.69) is 43.4 Å². The van der Waals surface area contributed by atoms with Gasteiger partial charge < -0.3 is 5.32 Å². The summed E-state index contributed by atoms with van der Waals surface area (Å²) in [6.07, 6.45) is 3.43. The highest BCUT2D eigenvalue weighted by Crippen LogP contribution is 2.12. The maximum absolute atomic E-state index is 11.3. The number of hydrogen-bond donors (Lipinski definition) is 1. The first-order valence-electron chi connectivity index (χ1n) is 8.93. The summed E-state index contributed by atoms with van der Waals surface area (Å²) in [6.45, 7) is 8.16. The summed E-state index contributed by atoms with van der Waals surface area (Å²) < 4.78 is 0. The smallest absolute Gasteiger partial charge is 0.159 e. The van der Waals surface area contributed by atoms with Crippen molar-refractivity contribution >= 4 is 5.78 Å². The summed E-state index contributed by atoms with van der Waals surface area (Å²) in [4.78, 5) is 11.3. The van der Waals surface area contributed by atoms with Crippen molar-refractivity contribution in [1.29, 1.82) is 0 Å². The lowest BCUT2D eigenvalue weighted by Gasteiger charge is -2.08. The third-order valence-electron chi connectivity index (χ3n) is 4.26. The van der Waals surface area contributed by atoms with Crippen molar-refractivity contribution in [3.63, 3.8) is 0 Å². The zero-order valence-corrected chi connectivity index (χ0v) is 15.1. The highest BCUT2D eigenvalue weighted by Gasteiger charge is 2.01. The molecule has 0 amide bonds. The largest absolute Gasteiger partial charge is 0.313 e. The Hall–Kier alpha value is -1.93. The van der Waals surface area contributed by atoms with Crippen LogP contribution < -0.4 is 5.32 Å². The van der Waals surface area contributed by atoms with Crippen molar-refractivity contribution in [3.8, 4) is 0 Å². The van der Waals surface area contributed by atoms with Crippen molar-refractivity contribution in [2.45, 2.75) is 46.6 Å². The van der Waals surface area contributed by atoms with E-state index in [0.29, 0.717) is 0 Å². The van der Waals surface area contributed by atoms with E-state index in [4.69, 9.17) is 0 Å². The Kier molecular flexibility index (Phi) is 7.20. The summed E-state index contributed by atoms with van der Waals surface area (Å²) in [5.41, 5.74) is 4.64. The molecule has 0 fully saturated rings. The predicted molar refractivity (Wildman–Crippen MR) is 101 cm³/mol. The Morgan fingerprint density at radius 1 is 0.917 bits per heavy atom. The first-order chi connectivity index (χ1) is 11.5. The molecule has 0 unspecified atom stereocenters. The van der Waals surface area contributed by atoms with Crippen molar-refractivity contribution in [1.82, 2.24) is 5.32 Å². The van der Waals surface area contributed by atoms with Gasteiger partial charge >= 0.3 is 0 Å². The van der Waals surface area contributed by atoms with E-state index in [0.717, 1.165) is 31.0 Å². The molecule has 0 aliphatic heterocycles. The molecule has 2 aromatic rings. The van der Waals surface area contributed by atoms with Gasteiger partial charge in [-0.1, -0.05) is 62.4 Å². The molecular weight excluding hydrogens is 294 g/mol. The van der Waals surface area contributed by atoms with E-state index < -0.39 is 0 Å². The van der Waals surface area contributed by atoms with Gasteiger partial charge in [0.1, 0.15) is 0 Å². The molecule has 0 bridgehead atoms. The fourth-order valence-corrected chi connectivity index (χ4v) is 2.74. The van der Waals surface area contributed by atoms with Crippen LogP contribution >= 0.6 is 0 Å². The Morgan fingerprint density at radius 3 is 2.00 bits per heavy atom. The number of nitrogens with one attached hydrogen (secondary N) is 1. The number of rotatable bonds is 9. The van der Waals surface area contributed by atoms with Crippen LogP contribution in [-0.4, -0.2) is 12.3 Å². The molecule has 0 radical (unpaired) electrons. The summed E-state index contributed by atoms with van der Waals surface area (Å²) >= 11 is 0. The second-order valence-corrected chi connectivity index (χ2v) is 6.96. The van der Waals surface area contributed by atoms with Gasteiger partial charge in [-0.3, -0.25) is 4.79 Å². The maximum Gasteiger partial charge on any atom is 0.159 e. The molecule has 1 N–H and O–H groups in total. The Morgan fingerprint density at radius 2 is 1.46 bits per heavy atom. The van der Waals surface area contributed by atoms with Crippen molar-refractivity contribution in [2.75, 3.05) is 6.54 Å². The molecule has 0 spiro atoms. The lowest BCUT2D eigenvalue weighted by molar-refractivity contribution is 0.101. The van der Waals surface area contributed by atoms with Gasteiger partial charge in [-0.25, -0.2) is 0 Å². The minimum Gasteiger partial charge on any atom is -0.313 e. The highest BCUT2D eigenvalue weighted by atomic mass is 16.1. The van der Waals surface area contributed by atoms with Gasteiger partial charge in [0, 0.05) is 12.1 Å². The third-order valence-corrected chi connectivity index (χ3v) is 4.26. The predicted octanol–water partition coefficient (Wildman–Crippen LogP) is 5.01. The number of Topliss-reactive ketones (excluding diaryl/α,β-unsaturated/α-hetero) is 1. The lowest BCUT2D eigenvalue weighted by atomic mass is 10.0. The second-order valence-electron chi connectivity index (χ2n) is 6.96. The highest BCUT2D eigenvalue weighted by molar-refractivity contribution is 5.94. The van der Waals surface area contributed by atoms with E-state index in [9.17, 15) is 4.79 Å². The number of carbonyl (C=O) groups is 1. The monoisotopic (exact) mass is 323 g/mol. The van der Waals surface area contributed by atoms with E-state index in [1.54, 1.807) is 6.92 Å². The molecule has 0 aromatic heterocycles. The normalized spacial score (nSPS) is 11.0. The van der Waals surface area contributed by atoms with Gasteiger partial charge in [0.2, 0.25) is 0 Å². The van der Waals surface area contributed by atoms with Crippen LogP contribution in [0, 0.1) is 5.92 Å². The molecule has 2 rings (SSSR count). The zero-order chi connectivity index (χ0) is 17.4. The van der Waals surface area contributed by atoms with Gasteiger partial charge in [-0.2, -0.15) is 0 Å². The lowest BCUT2D eigenvalue weighted by Crippen LogP contribution is -2.15. The molecule has 0 aliphatic carbocycles. The van der Waals surface area contributed by atoms with Crippen LogP contribution in [0.2, 0.25) is 0 Å². The Labute approximate surface area is 146 Å². The minimum atomic E-state index is 0.117. The quantitative estimate of drug-likeness (QED) is 0.519. The molecule has 0 heterocycles. The number of benzene rings is 2. The fourth-order valence-electron chi connectivity index (χ4n) is 2.74. The standard InChI is InChI=1S/C22H29NO/c1-17(2)5-4-14-23-16-21-8-6-19(7-9-21)15-20-10-12-22(13-11-20)18(3)24/h6-13,17,23H,4-5,14-16H2,1-3H3. The van der Waals surface area contributed by atoms with Gasteiger partial charge in [-0.05, 0) is 55.3 Å². The summed E-state index contributed by atoms with van der Waals surface area (Å²) in [5.74, 6) is 0.905. The SMILES string of the molecule is CC(=O)c1ccc(Cc2ccc(CNCCCC(C)C)cc2)cc1. The first-order valence-corrected chi connectivity index (χ1v) is 8.93. The van der Waals surface area contributed by atoms with Crippen LogP contribution in [0.3, 0.4) is 0 Å². The van der Waals surface area contributed by atoms with Gasteiger partial charge in [0.25, 0.3) is 0 Å². The van der Waals surface area contributed by atoms with Crippen molar-refractivity contribution in [2.24, 2.45) is 5.92 Å². The van der Waals surface area contributed by atoms with Crippen molar-refractivity contribution in [3.05, 3.63) is 70.8 Å². The molecule has 2 nitrogen and oxygen atoms in total. The molecule has 128 valence electrons. The Balaban J connectivity index is 1.80. The summed E-state index contributed by atoms with van der Waals surface area (Å²) in [7, 11) is 0. The molecule has 0 aliphatic rings. The first kappa shape index (κ1) is 18.4. The molecule has 0 saturated carbocycles. The minimum absolute atomic E-state index is 0.117. The maximum atomic E-state index is 11.3. The summed E-state index contributed by atoms with van der Waals surface area (Å²) in [6, 6.07) is 16.7. The van der Waals surface area contributed by atoms with Crippen molar-refractivity contribution < 1.29 is 4.79 Å². The van der Waals surface area contributed by atoms with Crippen LogP contribution in [0.1, 0.15) is 60.7 Å². The Bertz CT molecular complexity index is 626. The van der Waals surface area contributed by atoms with E-state index in [1.807, 2.05) is 24.3 Å². The van der Waals surface area contributed by atoms with E-state index in [-0.39, 0.29) is 5.78 Å². The molecule has 0 atom stereocenters. The number of hydrogen-bond acceptors (Lipinski definition) is 2. The summed E-state index contributed by atoms with van der Waals surface area (Å²) in [5, 5.41) is 3.51. The topological polar surface area (TPSA) is 29.1 Å². The average molecular weight is 323 g/mol. The van der Waals surface area contributed by atoms with Crippen LogP contribution in [0.4, 0.5) is 0 Å². The number of carbonyl (C=O) groups excluding carboxylic acids is 1. The van der Waals surface area contributed by atoms with E-state index >= 15 is 0 Å². The van der Waals surface area contributed by atoms with Crippen LogP contribution in [0.15, 0.2) is 48.5 Å². The average Bonchev–Trinajstić information content (AvgIpc) is 2.56. The number of ketones is 1. The molecule has 0 saturated heterocycles. The zero-order valence-electron chi connectivity index (χ0n) is 15.1. The van der Waals surface area contributed by atoms with Gasteiger partial charge in [-0.15, -0.1) is 0 Å². The fraction of sp³-hybridized carbons (Fsp3) is 0.409. The van der Waals surface area contributed by atoms with Crippen LogP contribution in [0.25, 0.3) is 0 Å². The molecule has 24 heavy (non-hydrogen) atoms.